The van der Waals surface area contributed by atoms with Crippen molar-refractivity contribution in [2.75, 3.05) is 18.5 Å². The summed E-state index contributed by atoms with van der Waals surface area (Å²) < 4.78 is 5.46. The van der Waals surface area contributed by atoms with Crippen molar-refractivity contribution < 1.29 is 24.2 Å². The van der Waals surface area contributed by atoms with Gasteiger partial charge in [0, 0.05) is 37.2 Å². The van der Waals surface area contributed by atoms with Gasteiger partial charge in [-0.15, -0.1) is 0 Å². The average molecular weight is 334 g/mol. The molecule has 3 N–H and O–H groups in total. The van der Waals surface area contributed by atoms with Crippen LogP contribution in [0.2, 0.25) is 0 Å². The Balaban J connectivity index is 1.82. The van der Waals surface area contributed by atoms with Gasteiger partial charge in [0.2, 0.25) is 5.91 Å². The van der Waals surface area contributed by atoms with Crippen LogP contribution in [0.1, 0.15) is 42.5 Å². The summed E-state index contributed by atoms with van der Waals surface area (Å²) in [6, 6.07) is 6.64. The molecule has 0 unspecified atom stereocenters. The van der Waals surface area contributed by atoms with Gasteiger partial charge in [-0.3, -0.25) is 14.4 Å². The normalized spacial score (nSPS) is 16.6. The fourth-order valence-electron chi connectivity index (χ4n) is 2.48. The zero-order chi connectivity index (χ0) is 17.4. The third-order valence-electron chi connectivity index (χ3n) is 3.72. The number of ether oxygens (including phenoxy) is 1. The van der Waals surface area contributed by atoms with E-state index in [1.54, 1.807) is 24.3 Å². The minimum Gasteiger partial charge on any atom is -0.481 e. The number of benzene rings is 1. The van der Waals surface area contributed by atoms with Gasteiger partial charge in [-0.25, -0.2) is 0 Å². The number of carboxylic acid groups (broad SMARTS) is 1. The van der Waals surface area contributed by atoms with Crippen LogP contribution in [-0.4, -0.2) is 42.1 Å². The van der Waals surface area contributed by atoms with E-state index in [0.717, 1.165) is 19.4 Å². The molecule has 1 heterocycles. The number of aliphatic carboxylic acids is 1. The molecule has 7 heteroatoms. The first-order chi connectivity index (χ1) is 11.5. The maximum absolute atomic E-state index is 12.1. The van der Waals surface area contributed by atoms with Crippen molar-refractivity contribution in [2.45, 2.75) is 38.2 Å². The number of carbonyl (C=O) groups is 3. The van der Waals surface area contributed by atoms with Crippen LogP contribution >= 0.6 is 0 Å². The van der Waals surface area contributed by atoms with Gasteiger partial charge in [0.25, 0.3) is 5.91 Å². The van der Waals surface area contributed by atoms with Crippen molar-refractivity contribution in [1.82, 2.24) is 5.32 Å². The minimum atomic E-state index is -0.923. The third-order valence-corrected chi connectivity index (χ3v) is 3.72. The predicted octanol–water partition coefficient (Wildman–Crippen LogP) is 1.79. The van der Waals surface area contributed by atoms with Crippen molar-refractivity contribution in [3.63, 3.8) is 0 Å². The molecule has 2 rings (SSSR count). The standard InChI is InChI=1S/C17H22N2O5/c20-15(7-2-8-16(21)22)19-13-5-1-4-12(10-13)17(23)18-11-14-6-3-9-24-14/h1,4-5,10,14H,2-3,6-9,11H2,(H,18,23)(H,19,20)(H,21,22)/t14-/m0/s1. The van der Waals surface area contributed by atoms with Crippen LogP contribution in [0, 0.1) is 0 Å². The number of hydrogen-bond donors (Lipinski definition) is 3. The molecule has 0 saturated carbocycles. The first-order valence-electron chi connectivity index (χ1n) is 8.06. The van der Waals surface area contributed by atoms with E-state index in [2.05, 4.69) is 10.6 Å². The number of nitrogens with one attached hydrogen (secondary N) is 2. The number of rotatable bonds is 8. The molecular weight excluding hydrogens is 312 g/mol. The van der Waals surface area contributed by atoms with Gasteiger partial charge in [-0.05, 0) is 37.5 Å². The molecule has 2 amide bonds. The highest BCUT2D eigenvalue weighted by molar-refractivity contribution is 5.97. The second-order valence-electron chi connectivity index (χ2n) is 5.72. The van der Waals surface area contributed by atoms with Crippen molar-refractivity contribution >= 4 is 23.5 Å². The lowest BCUT2D eigenvalue weighted by atomic mass is 10.1. The Kier molecular flexibility index (Phi) is 6.74. The molecule has 1 saturated heterocycles. The second-order valence-corrected chi connectivity index (χ2v) is 5.72. The molecule has 0 aliphatic carbocycles. The number of anilines is 1. The van der Waals surface area contributed by atoms with Crippen molar-refractivity contribution in [2.24, 2.45) is 0 Å². The summed E-state index contributed by atoms with van der Waals surface area (Å²) in [5.41, 5.74) is 0.969. The lowest BCUT2D eigenvalue weighted by Crippen LogP contribution is -2.31. The summed E-state index contributed by atoms with van der Waals surface area (Å²) in [5.74, 6) is -1.41. The van der Waals surface area contributed by atoms with E-state index in [4.69, 9.17) is 9.84 Å². The molecule has 0 aromatic heterocycles. The van der Waals surface area contributed by atoms with E-state index in [0.29, 0.717) is 17.8 Å². The number of hydrogen-bond acceptors (Lipinski definition) is 4. The van der Waals surface area contributed by atoms with Gasteiger partial charge >= 0.3 is 5.97 Å². The molecule has 130 valence electrons. The Labute approximate surface area is 140 Å². The van der Waals surface area contributed by atoms with E-state index < -0.39 is 5.97 Å². The topological polar surface area (TPSA) is 105 Å². The van der Waals surface area contributed by atoms with Crippen LogP contribution in [0.3, 0.4) is 0 Å². The summed E-state index contributed by atoms with van der Waals surface area (Å²) in [6.45, 7) is 1.22. The molecule has 1 aromatic rings. The highest BCUT2D eigenvalue weighted by Gasteiger charge is 2.16. The molecule has 0 spiro atoms. The largest absolute Gasteiger partial charge is 0.481 e. The van der Waals surface area contributed by atoms with E-state index in [9.17, 15) is 14.4 Å². The van der Waals surface area contributed by atoms with Gasteiger partial charge in [0.05, 0.1) is 6.10 Å². The van der Waals surface area contributed by atoms with Crippen LogP contribution in [0.5, 0.6) is 0 Å². The van der Waals surface area contributed by atoms with Crippen molar-refractivity contribution in [3.05, 3.63) is 29.8 Å². The van der Waals surface area contributed by atoms with Gasteiger partial charge in [-0.1, -0.05) is 6.07 Å². The molecular formula is C17H22N2O5. The Morgan fingerprint density at radius 3 is 2.79 bits per heavy atom. The first-order valence-corrected chi connectivity index (χ1v) is 8.06. The number of amides is 2. The lowest BCUT2D eigenvalue weighted by molar-refractivity contribution is -0.137. The summed E-state index contributed by atoms with van der Waals surface area (Å²) in [6.07, 6.45) is 2.41. The first kappa shape index (κ1) is 17.9. The van der Waals surface area contributed by atoms with Gasteiger partial charge < -0.3 is 20.5 Å². The molecule has 0 radical (unpaired) electrons. The number of carbonyl (C=O) groups excluding carboxylic acids is 2. The van der Waals surface area contributed by atoms with Crippen LogP contribution in [0.25, 0.3) is 0 Å². The third kappa shape index (κ3) is 6.00. The Morgan fingerprint density at radius 2 is 2.08 bits per heavy atom. The average Bonchev–Trinajstić information content (AvgIpc) is 3.06. The zero-order valence-electron chi connectivity index (χ0n) is 13.4. The quantitative estimate of drug-likeness (QED) is 0.672. The van der Waals surface area contributed by atoms with Crippen molar-refractivity contribution in [3.8, 4) is 0 Å². The number of carboxylic acids is 1. The van der Waals surface area contributed by atoms with E-state index in [1.165, 1.54) is 0 Å². The van der Waals surface area contributed by atoms with Gasteiger partial charge in [0.15, 0.2) is 0 Å². The molecule has 0 bridgehead atoms. The fraction of sp³-hybridized carbons (Fsp3) is 0.471. The molecule has 1 aromatic carbocycles. The minimum absolute atomic E-state index is 0.0426. The summed E-state index contributed by atoms with van der Waals surface area (Å²) in [4.78, 5) is 34.3. The van der Waals surface area contributed by atoms with E-state index in [-0.39, 0.29) is 37.2 Å². The molecule has 1 aliphatic heterocycles. The fourth-order valence-corrected chi connectivity index (χ4v) is 2.48. The van der Waals surface area contributed by atoms with E-state index in [1.807, 2.05) is 0 Å². The Hall–Kier alpha value is -2.41. The predicted molar refractivity (Wildman–Crippen MR) is 87.9 cm³/mol. The summed E-state index contributed by atoms with van der Waals surface area (Å²) in [7, 11) is 0. The molecule has 7 nitrogen and oxygen atoms in total. The highest BCUT2D eigenvalue weighted by Crippen LogP contribution is 2.13. The monoisotopic (exact) mass is 334 g/mol. The van der Waals surface area contributed by atoms with Gasteiger partial charge in [0.1, 0.15) is 0 Å². The van der Waals surface area contributed by atoms with Crippen LogP contribution in [0.4, 0.5) is 5.69 Å². The van der Waals surface area contributed by atoms with Crippen LogP contribution in [0.15, 0.2) is 24.3 Å². The Bertz CT molecular complexity index is 596. The maximum Gasteiger partial charge on any atom is 0.303 e. The maximum atomic E-state index is 12.1. The SMILES string of the molecule is O=C(O)CCCC(=O)Nc1cccc(C(=O)NC[C@@H]2CCCO2)c1. The second kappa shape index (κ2) is 9.02. The zero-order valence-corrected chi connectivity index (χ0v) is 13.4. The molecule has 1 aliphatic rings. The smallest absolute Gasteiger partial charge is 0.303 e. The summed E-state index contributed by atoms with van der Waals surface area (Å²) in [5, 5.41) is 14.1. The van der Waals surface area contributed by atoms with Gasteiger partial charge in [-0.2, -0.15) is 0 Å². The highest BCUT2D eigenvalue weighted by atomic mass is 16.5. The van der Waals surface area contributed by atoms with Crippen LogP contribution in [-0.2, 0) is 14.3 Å². The Morgan fingerprint density at radius 1 is 1.25 bits per heavy atom. The molecule has 24 heavy (non-hydrogen) atoms. The summed E-state index contributed by atoms with van der Waals surface area (Å²) >= 11 is 0. The molecule has 1 fully saturated rings. The van der Waals surface area contributed by atoms with E-state index >= 15 is 0 Å². The molecule has 1 atom stereocenters. The van der Waals surface area contributed by atoms with Crippen molar-refractivity contribution in [1.29, 1.82) is 0 Å². The lowest BCUT2D eigenvalue weighted by Gasteiger charge is -2.11. The van der Waals surface area contributed by atoms with Crippen LogP contribution < -0.4 is 10.6 Å².